The van der Waals surface area contributed by atoms with Gasteiger partial charge in [-0.1, -0.05) is 18.2 Å². The number of hydrogen-bond acceptors (Lipinski definition) is 2. The van der Waals surface area contributed by atoms with E-state index in [4.69, 9.17) is 5.73 Å². The van der Waals surface area contributed by atoms with E-state index in [2.05, 4.69) is 28.4 Å². The van der Waals surface area contributed by atoms with Crippen LogP contribution in [0.25, 0.3) is 10.9 Å². The van der Waals surface area contributed by atoms with E-state index < -0.39 is 0 Å². The monoisotopic (exact) mass is 201 g/mol. The van der Waals surface area contributed by atoms with Crippen molar-refractivity contribution >= 4 is 10.9 Å². The standard InChI is InChI=1S/C12H15N3/c13-7-6-12(4-5-12)10-3-1-2-9-8-14-15-11(9)10/h1-3,8H,4-7,13H2,(H,14,15). The Hall–Kier alpha value is -1.35. The van der Waals surface area contributed by atoms with Crippen LogP contribution in [0.4, 0.5) is 0 Å². The summed E-state index contributed by atoms with van der Waals surface area (Å²) in [7, 11) is 0. The fourth-order valence-corrected chi connectivity index (χ4v) is 2.49. The molecule has 15 heavy (non-hydrogen) atoms. The summed E-state index contributed by atoms with van der Waals surface area (Å²) >= 11 is 0. The minimum atomic E-state index is 0.348. The van der Waals surface area contributed by atoms with Crippen molar-refractivity contribution in [2.24, 2.45) is 5.73 Å². The van der Waals surface area contributed by atoms with Gasteiger partial charge >= 0.3 is 0 Å². The lowest BCUT2D eigenvalue weighted by Crippen LogP contribution is -2.13. The van der Waals surface area contributed by atoms with Crippen molar-refractivity contribution < 1.29 is 0 Å². The Kier molecular flexibility index (Phi) is 1.83. The van der Waals surface area contributed by atoms with Gasteiger partial charge in [0.15, 0.2) is 0 Å². The maximum Gasteiger partial charge on any atom is 0.0687 e. The van der Waals surface area contributed by atoms with Gasteiger partial charge < -0.3 is 5.73 Å². The number of fused-ring (bicyclic) bond motifs is 1. The Labute approximate surface area is 88.7 Å². The molecule has 0 unspecified atom stereocenters. The first-order valence-corrected chi connectivity index (χ1v) is 5.48. The topological polar surface area (TPSA) is 54.7 Å². The Morgan fingerprint density at radius 1 is 1.40 bits per heavy atom. The van der Waals surface area contributed by atoms with Gasteiger partial charge in [-0.25, -0.2) is 0 Å². The average molecular weight is 201 g/mol. The summed E-state index contributed by atoms with van der Waals surface area (Å²) in [6, 6.07) is 6.42. The van der Waals surface area contributed by atoms with Crippen LogP contribution in [0, 0.1) is 0 Å². The first kappa shape index (κ1) is 8.92. The number of rotatable bonds is 3. The minimum absolute atomic E-state index is 0.348. The second-order valence-corrected chi connectivity index (χ2v) is 4.46. The van der Waals surface area contributed by atoms with Crippen LogP contribution in [0.1, 0.15) is 24.8 Å². The number of para-hydroxylation sites is 1. The van der Waals surface area contributed by atoms with Crippen LogP contribution in [-0.4, -0.2) is 16.7 Å². The summed E-state index contributed by atoms with van der Waals surface area (Å²) in [5.74, 6) is 0. The molecule has 3 N–H and O–H groups in total. The third-order valence-corrected chi connectivity index (χ3v) is 3.52. The molecule has 1 saturated carbocycles. The average Bonchev–Trinajstić information content (AvgIpc) is 2.88. The largest absolute Gasteiger partial charge is 0.330 e. The molecule has 3 rings (SSSR count). The Morgan fingerprint density at radius 3 is 3.00 bits per heavy atom. The number of aromatic amines is 1. The molecule has 1 aliphatic rings. The van der Waals surface area contributed by atoms with Crippen LogP contribution in [0.3, 0.4) is 0 Å². The van der Waals surface area contributed by atoms with E-state index in [9.17, 15) is 0 Å². The van der Waals surface area contributed by atoms with Crippen LogP contribution in [0.15, 0.2) is 24.4 Å². The number of nitrogens with zero attached hydrogens (tertiary/aromatic N) is 1. The lowest BCUT2D eigenvalue weighted by atomic mass is 9.91. The summed E-state index contributed by atoms with van der Waals surface area (Å²) in [5, 5.41) is 8.41. The second-order valence-electron chi connectivity index (χ2n) is 4.46. The molecule has 0 spiro atoms. The predicted octanol–water partition coefficient (Wildman–Crippen LogP) is 1.94. The van der Waals surface area contributed by atoms with Crippen LogP contribution in [-0.2, 0) is 5.41 Å². The van der Waals surface area contributed by atoms with Gasteiger partial charge in [-0.2, -0.15) is 5.10 Å². The number of nitrogens with two attached hydrogens (primary N) is 1. The zero-order valence-electron chi connectivity index (χ0n) is 8.66. The molecular weight excluding hydrogens is 186 g/mol. The lowest BCUT2D eigenvalue weighted by Gasteiger charge is -2.14. The van der Waals surface area contributed by atoms with Crippen molar-refractivity contribution in [2.45, 2.75) is 24.7 Å². The summed E-state index contributed by atoms with van der Waals surface area (Å²) in [5.41, 5.74) is 8.64. The fourth-order valence-electron chi connectivity index (χ4n) is 2.49. The second kappa shape index (κ2) is 3.07. The third-order valence-electron chi connectivity index (χ3n) is 3.52. The van der Waals surface area contributed by atoms with Crippen molar-refractivity contribution in [3.63, 3.8) is 0 Å². The summed E-state index contributed by atoms with van der Waals surface area (Å²) in [6.07, 6.45) is 5.51. The number of H-pyrrole nitrogens is 1. The molecule has 0 atom stereocenters. The van der Waals surface area contributed by atoms with Gasteiger partial charge in [-0.15, -0.1) is 0 Å². The van der Waals surface area contributed by atoms with E-state index in [0.717, 1.165) is 13.0 Å². The molecule has 0 radical (unpaired) electrons. The van der Waals surface area contributed by atoms with Gasteiger partial charge in [0.2, 0.25) is 0 Å². The van der Waals surface area contributed by atoms with Gasteiger partial charge in [0, 0.05) is 5.39 Å². The van der Waals surface area contributed by atoms with E-state index in [0.29, 0.717) is 5.41 Å². The van der Waals surface area contributed by atoms with E-state index in [1.807, 2.05) is 6.20 Å². The molecular formula is C12H15N3. The van der Waals surface area contributed by atoms with E-state index in [1.54, 1.807) is 0 Å². The van der Waals surface area contributed by atoms with Crippen molar-refractivity contribution in [1.29, 1.82) is 0 Å². The summed E-state index contributed by atoms with van der Waals surface area (Å²) in [6.45, 7) is 0.768. The highest BCUT2D eigenvalue weighted by atomic mass is 15.1. The minimum Gasteiger partial charge on any atom is -0.330 e. The molecule has 0 amide bonds. The predicted molar refractivity (Wildman–Crippen MR) is 60.7 cm³/mol. The molecule has 1 aliphatic carbocycles. The maximum absolute atomic E-state index is 5.69. The van der Waals surface area contributed by atoms with Gasteiger partial charge in [0.05, 0.1) is 11.7 Å². The third kappa shape index (κ3) is 1.27. The number of nitrogens with one attached hydrogen (secondary N) is 1. The zero-order valence-corrected chi connectivity index (χ0v) is 8.66. The van der Waals surface area contributed by atoms with Crippen LogP contribution in [0.5, 0.6) is 0 Å². The molecule has 1 aromatic heterocycles. The fraction of sp³-hybridized carbons (Fsp3) is 0.417. The quantitative estimate of drug-likeness (QED) is 0.797. The van der Waals surface area contributed by atoms with Gasteiger partial charge in [-0.05, 0) is 36.8 Å². The number of hydrogen-bond donors (Lipinski definition) is 2. The molecule has 1 fully saturated rings. The zero-order chi connectivity index (χ0) is 10.3. The van der Waals surface area contributed by atoms with Crippen molar-refractivity contribution in [2.75, 3.05) is 6.54 Å². The SMILES string of the molecule is NCCC1(c2cccc3cn[nH]c23)CC1. The Morgan fingerprint density at radius 2 is 2.27 bits per heavy atom. The highest BCUT2D eigenvalue weighted by Gasteiger charge is 2.44. The molecule has 3 heteroatoms. The Balaban J connectivity index is 2.14. The molecule has 78 valence electrons. The molecule has 0 saturated heterocycles. The van der Waals surface area contributed by atoms with Gasteiger partial charge in [-0.3, -0.25) is 5.10 Å². The summed E-state index contributed by atoms with van der Waals surface area (Å²) < 4.78 is 0. The van der Waals surface area contributed by atoms with Crippen molar-refractivity contribution in [3.05, 3.63) is 30.0 Å². The van der Waals surface area contributed by atoms with Crippen LogP contribution >= 0.6 is 0 Å². The Bertz CT molecular complexity index is 482. The molecule has 0 bridgehead atoms. The van der Waals surface area contributed by atoms with Crippen LogP contribution in [0.2, 0.25) is 0 Å². The van der Waals surface area contributed by atoms with Crippen molar-refractivity contribution in [3.8, 4) is 0 Å². The van der Waals surface area contributed by atoms with Crippen LogP contribution < -0.4 is 5.73 Å². The highest BCUT2D eigenvalue weighted by molar-refractivity contribution is 5.82. The highest BCUT2D eigenvalue weighted by Crippen LogP contribution is 2.52. The molecule has 3 nitrogen and oxygen atoms in total. The smallest absolute Gasteiger partial charge is 0.0687 e. The van der Waals surface area contributed by atoms with E-state index >= 15 is 0 Å². The van der Waals surface area contributed by atoms with E-state index in [-0.39, 0.29) is 0 Å². The maximum atomic E-state index is 5.69. The van der Waals surface area contributed by atoms with Gasteiger partial charge in [0.1, 0.15) is 0 Å². The molecule has 1 heterocycles. The molecule has 2 aromatic rings. The first-order valence-electron chi connectivity index (χ1n) is 5.48. The molecule has 1 aromatic carbocycles. The normalized spacial score (nSPS) is 18.2. The number of benzene rings is 1. The lowest BCUT2D eigenvalue weighted by molar-refractivity contribution is 0.632. The van der Waals surface area contributed by atoms with Gasteiger partial charge in [0.25, 0.3) is 0 Å². The summed E-state index contributed by atoms with van der Waals surface area (Å²) in [4.78, 5) is 0. The van der Waals surface area contributed by atoms with Crippen molar-refractivity contribution in [1.82, 2.24) is 10.2 Å². The molecule has 0 aliphatic heterocycles. The number of aromatic nitrogens is 2. The van der Waals surface area contributed by atoms with E-state index in [1.165, 1.54) is 29.3 Å². The first-order chi connectivity index (χ1) is 7.36.